The lowest BCUT2D eigenvalue weighted by molar-refractivity contribution is -0.153. The number of carboxylic acid groups (broad SMARTS) is 1. The quantitative estimate of drug-likeness (QED) is 0.628. The molecule has 7 heteroatoms. The standard InChI is InChI=1S/C27H30N2O5/c1-17-8-7-15-29(24(17)26(31)32)25(30)18(2)13-14-28-27(33)34-16-23-21-11-5-3-9-19(21)20-10-4-6-12-22(20)23/h3-6,9-13,17,23-24H,7-8,14-16H2,1-2H3,(H,28,33)(H,31,32)/b18-13+. The number of carbonyl (C=O) groups excluding carboxylic acids is 2. The third kappa shape index (κ3) is 4.69. The van der Waals surface area contributed by atoms with Crippen molar-refractivity contribution in [2.45, 2.75) is 38.6 Å². The predicted molar refractivity (Wildman–Crippen MR) is 128 cm³/mol. The van der Waals surface area contributed by atoms with Crippen LogP contribution in [0.2, 0.25) is 0 Å². The van der Waals surface area contributed by atoms with Crippen LogP contribution in [0.3, 0.4) is 0 Å². The van der Waals surface area contributed by atoms with Gasteiger partial charge in [0.15, 0.2) is 0 Å². The second kappa shape index (κ2) is 10.1. The molecule has 1 heterocycles. The van der Waals surface area contributed by atoms with Crippen molar-refractivity contribution >= 4 is 18.0 Å². The number of alkyl carbamates (subject to hydrolysis) is 1. The molecule has 1 fully saturated rings. The summed E-state index contributed by atoms with van der Waals surface area (Å²) in [5.41, 5.74) is 5.01. The van der Waals surface area contributed by atoms with Crippen LogP contribution in [0.4, 0.5) is 4.79 Å². The lowest BCUT2D eigenvalue weighted by Gasteiger charge is -2.37. The van der Waals surface area contributed by atoms with E-state index in [1.165, 1.54) is 4.90 Å². The van der Waals surface area contributed by atoms with E-state index in [0.717, 1.165) is 35.1 Å². The molecule has 2 aliphatic rings. The number of aliphatic carboxylic acids is 1. The van der Waals surface area contributed by atoms with Gasteiger partial charge in [-0.05, 0) is 47.9 Å². The molecule has 7 nitrogen and oxygen atoms in total. The molecule has 2 unspecified atom stereocenters. The molecule has 0 aromatic heterocycles. The zero-order valence-corrected chi connectivity index (χ0v) is 19.5. The van der Waals surface area contributed by atoms with Gasteiger partial charge in [-0.15, -0.1) is 0 Å². The molecule has 2 aromatic carbocycles. The van der Waals surface area contributed by atoms with E-state index in [0.29, 0.717) is 12.1 Å². The lowest BCUT2D eigenvalue weighted by atomic mass is 9.90. The first kappa shape index (κ1) is 23.5. The topological polar surface area (TPSA) is 95.9 Å². The Morgan fingerprint density at radius 2 is 1.71 bits per heavy atom. The summed E-state index contributed by atoms with van der Waals surface area (Å²) in [6, 6.07) is 15.4. The Morgan fingerprint density at radius 3 is 2.32 bits per heavy atom. The van der Waals surface area contributed by atoms with Crippen LogP contribution in [-0.4, -0.2) is 53.7 Å². The first-order chi connectivity index (χ1) is 16.4. The van der Waals surface area contributed by atoms with Gasteiger partial charge in [0.05, 0.1) is 0 Å². The van der Waals surface area contributed by atoms with Gasteiger partial charge < -0.3 is 20.1 Å². The average Bonchev–Trinajstić information content (AvgIpc) is 3.15. The fourth-order valence-electron chi connectivity index (χ4n) is 5.04. The third-order valence-electron chi connectivity index (χ3n) is 6.78. The number of hydrogen-bond donors (Lipinski definition) is 2. The Balaban J connectivity index is 1.32. The fourth-order valence-corrected chi connectivity index (χ4v) is 5.04. The summed E-state index contributed by atoms with van der Waals surface area (Å²) in [6.07, 6.45) is 2.60. The number of piperidine rings is 1. The van der Waals surface area contributed by atoms with Crippen molar-refractivity contribution in [1.29, 1.82) is 0 Å². The minimum absolute atomic E-state index is 0.0222. The van der Waals surface area contributed by atoms with Gasteiger partial charge in [-0.2, -0.15) is 0 Å². The maximum absolute atomic E-state index is 12.8. The molecule has 34 heavy (non-hydrogen) atoms. The third-order valence-corrected chi connectivity index (χ3v) is 6.78. The van der Waals surface area contributed by atoms with Gasteiger partial charge in [-0.3, -0.25) is 4.79 Å². The average molecular weight is 463 g/mol. The molecular formula is C27H30N2O5. The number of nitrogens with zero attached hydrogens (tertiary/aromatic N) is 1. The Hall–Kier alpha value is -3.61. The Bertz CT molecular complexity index is 1080. The van der Waals surface area contributed by atoms with E-state index in [1.807, 2.05) is 31.2 Å². The maximum Gasteiger partial charge on any atom is 0.407 e. The van der Waals surface area contributed by atoms with Gasteiger partial charge in [-0.25, -0.2) is 9.59 Å². The molecule has 2 atom stereocenters. The van der Waals surface area contributed by atoms with E-state index >= 15 is 0 Å². The number of hydrogen-bond acceptors (Lipinski definition) is 4. The zero-order chi connectivity index (χ0) is 24.2. The second-order valence-electron chi connectivity index (χ2n) is 8.99. The van der Waals surface area contributed by atoms with Gasteiger partial charge in [0.1, 0.15) is 12.6 Å². The Morgan fingerprint density at radius 1 is 1.09 bits per heavy atom. The molecule has 178 valence electrons. The molecule has 0 radical (unpaired) electrons. The van der Waals surface area contributed by atoms with Crippen molar-refractivity contribution in [3.63, 3.8) is 0 Å². The van der Waals surface area contributed by atoms with Crippen LogP contribution in [0, 0.1) is 5.92 Å². The van der Waals surface area contributed by atoms with E-state index in [2.05, 4.69) is 29.6 Å². The van der Waals surface area contributed by atoms with E-state index in [9.17, 15) is 19.5 Å². The van der Waals surface area contributed by atoms with Gasteiger partial charge in [0.2, 0.25) is 5.91 Å². The highest BCUT2D eigenvalue weighted by molar-refractivity contribution is 5.95. The zero-order valence-electron chi connectivity index (χ0n) is 19.5. The fraction of sp³-hybridized carbons (Fsp3) is 0.370. The predicted octanol–water partition coefficient (Wildman–Crippen LogP) is 4.18. The molecule has 1 aliphatic heterocycles. The molecule has 2 N–H and O–H groups in total. The first-order valence-electron chi connectivity index (χ1n) is 11.7. The number of rotatable bonds is 6. The minimum atomic E-state index is -0.981. The van der Waals surface area contributed by atoms with Crippen LogP contribution >= 0.6 is 0 Å². The number of fused-ring (bicyclic) bond motifs is 3. The van der Waals surface area contributed by atoms with Crippen LogP contribution in [0.25, 0.3) is 11.1 Å². The van der Waals surface area contributed by atoms with Gasteiger partial charge in [0.25, 0.3) is 0 Å². The lowest BCUT2D eigenvalue weighted by Crippen LogP contribution is -2.52. The normalized spacial score (nSPS) is 19.8. The van der Waals surface area contributed by atoms with E-state index in [4.69, 9.17) is 4.74 Å². The summed E-state index contributed by atoms with van der Waals surface area (Å²) in [5, 5.41) is 12.2. The van der Waals surface area contributed by atoms with Crippen LogP contribution in [0.5, 0.6) is 0 Å². The van der Waals surface area contributed by atoms with E-state index in [1.54, 1.807) is 13.0 Å². The summed E-state index contributed by atoms with van der Waals surface area (Å²) in [7, 11) is 0. The molecule has 2 amide bonds. The second-order valence-corrected chi connectivity index (χ2v) is 8.99. The van der Waals surface area contributed by atoms with Crippen molar-refractivity contribution in [1.82, 2.24) is 10.2 Å². The van der Waals surface area contributed by atoms with Gasteiger partial charge in [-0.1, -0.05) is 61.5 Å². The highest BCUT2D eigenvalue weighted by Gasteiger charge is 2.37. The smallest absolute Gasteiger partial charge is 0.407 e. The molecule has 1 saturated heterocycles. The van der Waals surface area contributed by atoms with Gasteiger partial charge >= 0.3 is 12.1 Å². The van der Waals surface area contributed by atoms with Crippen LogP contribution < -0.4 is 5.32 Å². The highest BCUT2D eigenvalue weighted by atomic mass is 16.5. The number of carbonyl (C=O) groups is 3. The number of carboxylic acids is 1. The maximum atomic E-state index is 12.8. The number of likely N-dealkylation sites (tertiary alicyclic amines) is 1. The monoisotopic (exact) mass is 462 g/mol. The SMILES string of the molecule is C/C(=C\CNC(=O)OCC1c2ccccc2-c2ccccc21)C(=O)N1CCCC(C)C1C(=O)O. The minimum Gasteiger partial charge on any atom is -0.480 e. The van der Waals surface area contributed by atoms with Crippen molar-refractivity contribution in [3.8, 4) is 11.1 Å². The molecule has 0 bridgehead atoms. The number of benzene rings is 2. The van der Waals surface area contributed by atoms with Crippen molar-refractivity contribution in [2.75, 3.05) is 19.7 Å². The molecule has 1 aliphatic carbocycles. The van der Waals surface area contributed by atoms with Crippen molar-refractivity contribution in [2.24, 2.45) is 5.92 Å². The van der Waals surface area contributed by atoms with Crippen LogP contribution in [0.15, 0.2) is 60.2 Å². The molecule has 2 aromatic rings. The van der Waals surface area contributed by atoms with Crippen molar-refractivity contribution < 1.29 is 24.2 Å². The van der Waals surface area contributed by atoms with Crippen LogP contribution in [-0.2, 0) is 14.3 Å². The molecule has 0 spiro atoms. The summed E-state index contributed by atoms with van der Waals surface area (Å²) < 4.78 is 5.51. The molecule has 0 saturated carbocycles. The van der Waals surface area contributed by atoms with Gasteiger partial charge in [0, 0.05) is 24.6 Å². The first-order valence-corrected chi connectivity index (χ1v) is 11.7. The molecular weight excluding hydrogens is 432 g/mol. The summed E-state index contributed by atoms with van der Waals surface area (Å²) in [5.74, 6) is -1.41. The van der Waals surface area contributed by atoms with Crippen molar-refractivity contribution in [3.05, 3.63) is 71.3 Å². The summed E-state index contributed by atoms with van der Waals surface area (Å²) >= 11 is 0. The number of nitrogens with one attached hydrogen (secondary N) is 1. The largest absolute Gasteiger partial charge is 0.480 e. The molecule has 4 rings (SSSR count). The Labute approximate surface area is 199 Å². The number of amides is 2. The number of ether oxygens (including phenoxy) is 1. The van der Waals surface area contributed by atoms with E-state index < -0.39 is 18.1 Å². The summed E-state index contributed by atoms with van der Waals surface area (Å²) in [4.78, 5) is 38.2. The van der Waals surface area contributed by atoms with E-state index in [-0.39, 0.29) is 30.9 Å². The summed E-state index contributed by atoms with van der Waals surface area (Å²) in [6.45, 7) is 4.25. The Kier molecular flexibility index (Phi) is 7.01. The van der Waals surface area contributed by atoms with Crippen LogP contribution in [0.1, 0.15) is 43.7 Å². The highest BCUT2D eigenvalue weighted by Crippen LogP contribution is 2.44.